The molecule has 0 aliphatic rings. The molecule has 0 aliphatic carbocycles. The number of nitrogens with one attached hydrogen (secondary N) is 1. The fraction of sp³-hybridized carbons (Fsp3) is 0.304. The Morgan fingerprint density at radius 1 is 1.03 bits per heavy atom. The molecule has 0 atom stereocenters. The number of amides is 1. The van der Waals surface area contributed by atoms with E-state index in [-0.39, 0.29) is 16.5 Å². The maximum absolute atomic E-state index is 12.6. The van der Waals surface area contributed by atoms with Crippen LogP contribution in [0.4, 0.5) is 0 Å². The Labute approximate surface area is 194 Å². The molecule has 3 aromatic rings. The maximum Gasteiger partial charge on any atom is 0.271 e. The molecular weight excluding hydrogens is 444 g/mol. The number of imidazole rings is 1. The molecule has 1 heterocycles. The van der Waals surface area contributed by atoms with Crippen LogP contribution < -0.4 is 14.8 Å². The molecule has 0 saturated heterocycles. The average molecular weight is 473 g/mol. The number of hydrogen-bond donors (Lipinski definition) is 1. The van der Waals surface area contributed by atoms with Crippen LogP contribution in [-0.2, 0) is 16.6 Å². The third kappa shape index (κ3) is 5.35. The summed E-state index contributed by atoms with van der Waals surface area (Å²) in [6.07, 6.45) is 3.11. The predicted octanol–water partition coefficient (Wildman–Crippen LogP) is 2.85. The van der Waals surface area contributed by atoms with Crippen LogP contribution >= 0.6 is 0 Å². The van der Waals surface area contributed by atoms with Crippen LogP contribution in [0.5, 0.6) is 11.5 Å². The van der Waals surface area contributed by atoms with Crippen molar-refractivity contribution in [3.63, 3.8) is 0 Å². The molecule has 0 unspecified atom stereocenters. The van der Waals surface area contributed by atoms with Crippen LogP contribution in [0.2, 0.25) is 0 Å². The molecule has 176 valence electrons. The number of nitrogens with zero attached hydrogens (tertiary/aromatic N) is 3. The second-order valence-electron chi connectivity index (χ2n) is 7.12. The zero-order valence-electron chi connectivity index (χ0n) is 19.1. The van der Waals surface area contributed by atoms with Gasteiger partial charge in [0.2, 0.25) is 10.0 Å². The summed E-state index contributed by atoms with van der Waals surface area (Å²) >= 11 is 0. The second kappa shape index (κ2) is 10.5. The largest absolute Gasteiger partial charge is 0.493 e. The number of benzene rings is 2. The normalized spacial score (nSPS) is 11.4. The van der Waals surface area contributed by atoms with Gasteiger partial charge in [-0.15, -0.1) is 0 Å². The summed E-state index contributed by atoms with van der Waals surface area (Å²) in [6, 6.07) is 11.9. The number of aromatic nitrogens is 2. The zero-order chi connectivity index (χ0) is 24.0. The van der Waals surface area contributed by atoms with E-state index >= 15 is 0 Å². The first-order chi connectivity index (χ1) is 15.8. The molecule has 2 aromatic carbocycles. The van der Waals surface area contributed by atoms with Gasteiger partial charge < -0.3 is 19.4 Å². The summed E-state index contributed by atoms with van der Waals surface area (Å²) in [5.74, 6) is 0.867. The third-order valence-corrected chi connectivity index (χ3v) is 7.26. The van der Waals surface area contributed by atoms with Crippen LogP contribution in [0.25, 0.3) is 5.69 Å². The number of ether oxygens (including phenoxy) is 2. The SMILES string of the molecule is CCN(CC)S(=O)(=O)c1ccc(-n2cnc(C(=O)NCc3ccc(OC)c(OC)c3)c2)cc1. The van der Waals surface area contributed by atoms with Gasteiger partial charge in [-0.2, -0.15) is 4.31 Å². The Bertz CT molecular complexity index is 1200. The molecule has 10 heteroatoms. The highest BCUT2D eigenvalue weighted by Gasteiger charge is 2.21. The van der Waals surface area contributed by atoms with Crippen molar-refractivity contribution in [1.82, 2.24) is 19.2 Å². The summed E-state index contributed by atoms with van der Waals surface area (Å²) in [7, 11) is -0.408. The van der Waals surface area contributed by atoms with Crippen molar-refractivity contribution in [2.45, 2.75) is 25.3 Å². The molecule has 0 radical (unpaired) electrons. The standard InChI is InChI=1S/C23H28N4O5S/c1-5-27(6-2)33(29,30)19-10-8-18(9-11-19)26-15-20(25-16-26)23(28)24-14-17-7-12-21(31-3)22(13-17)32-4/h7-13,15-16H,5-6,14H2,1-4H3,(H,24,28). The fourth-order valence-electron chi connectivity index (χ4n) is 3.35. The highest BCUT2D eigenvalue weighted by Crippen LogP contribution is 2.27. The van der Waals surface area contributed by atoms with Crippen molar-refractivity contribution in [3.8, 4) is 17.2 Å². The van der Waals surface area contributed by atoms with E-state index in [0.717, 1.165) is 5.56 Å². The van der Waals surface area contributed by atoms with E-state index in [1.165, 1.54) is 10.6 Å². The number of rotatable bonds is 10. The highest BCUT2D eigenvalue weighted by atomic mass is 32.2. The third-order valence-electron chi connectivity index (χ3n) is 5.19. The average Bonchev–Trinajstić information content (AvgIpc) is 3.33. The molecule has 1 aromatic heterocycles. The van der Waals surface area contributed by atoms with Crippen molar-refractivity contribution >= 4 is 15.9 Å². The van der Waals surface area contributed by atoms with Gasteiger partial charge in [0.25, 0.3) is 5.91 Å². The lowest BCUT2D eigenvalue weighted by molar-refractivity contribution is 0.0946. The van der Waals surface area contributed by atoms with Crippen molar-refractivity contribution in [2.24, 2.45) is 0 Å². The van der Waals surface area contributed by atoms with Crippen LogP contribution in [0.3, 0.4) is 0 Å². The molecule has 1 N–H and O–H groups in total. The van der Waals surface area contributed by atoms with E-state index in [1.54, 1.807) is 75.2 Å². The van der Waals surface area contributed by atoms with E-state index < -0.39 is 10.0 Å². The zero-order valence-corrected chi connectivity index (χ0v) is 19.9. The first-order valence-electron chi connectivity index (χ1n) is 10.5. The molecule has 1 amide bonds. The first kappa shape index (κ1) is 24.3. The summed E-state index contributed by atoms with van der Waals surface area (Å²) < 4.78 is 38.8. The van der Waals surface area contributed by atoms with Crippen LogP contribution in [0, 0.1) is 0 Å². The van der Waals surface area contributed by atoms with Gasteiger partial charge in [-0.05, 0) is 42.0 Å². The van der Waals surface area contributed by atoms with Crippen molar-refractivity contribution in [3.05, 3.63) is 66.2 Å². The van der Waals surface area contributed by atoms with E-state index in [4.69, 9.17) is 9.47 Å². The molecular formula is C23H28N4O5S. The van der Waals surface area contributed by atoms with E-state index in [0.29, 0.717) is 36.8 Å². The number of carbonyl (C=O) groups is 1. The molecule has 0 saturated carbocycles. The Balaban J connectivity index is 1.69. The lowest BCUT2D eigenvalue weighted by Gasteiger charge is -2.18. The predicted molar refractivity (Wildman–Crippen MR) is 124 cm³/mol. The Hall–Kier alpha value is -3.37. The lowest BCUT2D eigenvalue weighted by atomic mass is 10.2. The molecule has 0 bridgehead atoms. The number of carbonyl (C=O) groups excluding carboxylic acids is 1. The molecule has 0 aliphatic heterocycles. The summed E-state index contributed by atoms with van der Waals surface area (Å²) in [5, 5.41) is 2.83. The van der Waals surface area contributed by atoms with Gasteiger partial charge >= 0.3 is 0 Å². The quantitative estimate of drug-likeness (QED) is 0.487. The topological polar surface area (TPSA) is 103 Å². The van der Waals surface area contributed by atoms with Crippen molar-refractivity contribution in [2.75, 3.05) is 27.3 Å². The van der Waals surface area contributed by atoms with Gasteiger partial charge in [-0.1, -0.05) is 19.9 Å². The molecule has 3 rings (SSSR count). The highest BCUT2D eigenvalue weighted by molar-refractivity contribution is 7.89. The number of methoxy groups -OCH3 is 2. The Morgan fingerprint density at radius 3 is 2.30 bits per heavy atom. The minimum atomic E-state index is -3.52. The lowest BCUT2D eigenvalue weighted by Crippen LogP contribution is -2.30. The van der Waals surface area contributed by atoms with Gasteiger partial charge in [0.05, 0.1) is 19.1 Å². The first-order valence-corrected chi connectivity index (χ1v) is 11.9. The minimum absolute atomic E-state index is 0.225. The summed E-state index contributed by atoms with van der Waals surface area (Å²) in [6.45, 7) is 4.72. The van der Waals surface area contributed by atoms with Gasteiger partial charge in [0.1, 0.15) is 12.0 Å². The molecule has 0 spiro atoms. The van der Waals surface area contributed by atoms with Gasteiger partial charge in [-0.3, -0.25) is 4.79 Å². The van der Waals surface area contributed by atoms with E-state index in [1.807, 2.05) is 6.07 Å². The van der Waals surface area contributed by atoms with Gasteiger partial charge in [0.15, 0.2) is 11.5 Å². The number of hydrogen-bond acceptors (Lipinski definition) is 6. The smallest absolute Gasteiger partial charge is 0.271 e. The van der Waals surface area contributed by atoms with Crippen LogP contribution in [0.1, 0.15) is 29.9 Å². The van der Waals surface area contributed by atoms with E-state index in [2.05, 4.69) is 10.3 Å². The molecule has 9 nitrogen and oxygen atoms in total. The fourth-order valence-corrected chi connectivity index (χ4v) is 4.81. The minimum Gasteiger partial charge on any atom is -0.493 e. The van der Waals surface area contributed by atoms with Crippen LogP contribution in [0.15, 0.2) is 59.9 Å². The molecule has 0 fully saturated rings. The Kier molecular flexibility index (Phi) is 7.72. The summed E-state index contributed by atoms with van der Waals surface area (Å²) in [4.78, 5) is 16.9. The Morgan fingerprint density at radius 2 is 1.70 bits per heavy atom. The van der Waals surface area contributed by atoms with Gasteiger partial charge in [0, 0.05) is 31.5 Å². The van der Waals surface area contributed by atoms with Crippen molar-refractivity contribution in [1.29, 1.82) is 0 Å². The number of sulfonamides is 1. The monoisotopic (exact) mass is 472 g/mol. The van der Waals surface area contributed by atoms with Crippen molar-refractivity contribution < 1.29 is 22.7 Å². The second-order valence-corrected chi connectivity index (χ2v) is 9.06. The van der Waals surface area contributed by atoms with Crippen LogP contribution in [-0.4, -0.2) is 55.5 Å². The maximum atomic E-state index is 12.6. The molecule has 33 heavy (non-hydrogen) atoms. The van der Waals surface area contributed by atoms with E-state index in [9.17, 15) is 13.2 Å². The van der Waals surface area contributed by atoms with Gasteiger partial charge in [-0.25, -0.2) is 13.4 Å². The summed E-state index contributed by atoms with van der Waals surface area (Å²) in [5.41, 5.74) is 1.79.